The lowest BCUT2D eigenvalue weighted by atomic mass is 10.1. The summed E-state index contributed by atoms with van der Waals surface area (Å²) in [5, 5.41) is 7.13. The van der Waals surface area contributed by atoms with E-state index in [9.17, 15) is 4.79 Å². The van der Waals surface area contributed by atoms with E-state index >= 15 is 4.39 Å². The maximum Gasteiger partial charge on any atom is 0.313 e. The molecule has 0 radical (unpaired) electrons. The van der Waals surface area contributed by atoms with Gasteiger partial charge in [-0.3, -0.25) is 10.2 Å². The normalized spacial score (nSPS) is 13.2. The number of aryl methyl sites for hydroxylation is 1. The number of ether oxygens (including phenoxy) is 1. The molecule has 0 saturated carbocycles. The highest BCUT2D eigenvalue weighted by Gasteiger charge is 2.21. The minimum Gasteiger partial charge on any atom is -0.460 e. The largest absolute Gasteiger partial charge is 0.460 e. The molecule has 1 aliphatic heterocycles. The molecular weight excluding hydrogens is 449 g/mol. The Bertz CT molecular complexity index is 1180. The number of nitrogens with one attached hydrogen (secondary N) is 1. The van der Waals surface area contributed by atoms with Crippen LogP contribution in [0.15, 0.2) is 48.9 Å². The van der Waals surface area contributed by atoms with Crippen LogP contribution in [0.4, 0.5) is 16.2 Å². The second-order valence-corrected chi connectivity index (χ2v) is 8.03. The number of nitrogens with zero attached hydrogens (tertiary/aromatic N) is 5. The van der Waals surface area contributed by atoms with Crippen molar-refractivity contribution in [3.63, 3.8) is 0 Å². The first-order valence-corrected chi connectivity index (χ1v) is 10.9. The van der Waals surface area contributed by atoms with Crippen LogP contribution in [0.5, 0.6) is 0 Å². The van der Waals surface area contributed by atoms with Crippen molar-refractivity contribution >= 4 is 23.6 Å². The molecule has 2 aromatic heterocycles. The zero-order chi connectivity index (χ0) is 24.1. The Balaban J connectivity index is 0.00000342. The van der Waals surface area contributed by atoms with Gasteiger partial charge in [0.2, 0.25) is 5.95 Å². The van der Waals surface area contributed by atoms with E-state index in [4.69, 9.17) is 15.9 Å². The maximum absolute atomic E-state index is 15.0. The second kappa shape index (κ2) is 11.4. The summed E-state index contributed by atoms with van der Waals surface area (Å²) in [5.41, 5.74) is 7.40. The molecule has 9 nitrogen and oxygen atoms in total. The van der Waals surface area contributed by atoms with Crippen LogP contribution in [-0.2, 0) is 16.1 Å². The Morgan fingerprint density at radius 3 is 2.43 bits per heavy atom. The molecule has 0 atom stereocenters. The topological polar surface area (TPSA) is 121 Å². The van der Waals surface area contributed by atoms with Crippen molar-refractivity contribution in [1.82, 2.24) is 15.0 Å². The number of halogens is 1. The van der Waals surface area contributed by atoms with Gasteiger partial charge in [0, 0.05) is 61.5 Å². The molecule has 1 saturated heterocycles. The first-order chi connectivity index (χ1) is 16.4. The van der Waals surface area contributed by atoms with Gasteiger partial charge in [-0.2, -0.15) is 0 Å². The van der Waals surface area contributed by atoms with Gasteiger partial charge < -0.3 is 20.3 Å². The summed E-state index contributed by atoms with van der Waals surface area (Å²) in [7, 11) is 0. The quantitative estimate of drug-likeness (QED) is 0.301. The number of pyridine rings is 1. The van der Waals surface area contributed by atoms with Crippen LogP contribution in [0, 0.1) is 18.2 Å². The lowest BCUT2D eigenvalue weighted by Gasteiger charge is -2.36. The fraction of sp³-hybridized carbons (Fsp3) is 0.320. The standard InChI is InChI=1S/C24H26FN7O2.CH4/c1-16-4-3-7-28-23(16)31-8-10-32(11-9-31)24-29-13-18(14-30-24)19-6-2-5-17(22(19)25)15-34-21(33)12-20(26)27;/h2-7,13-14H,8-12,15H2,1H3,(H3,26,27);1H4. The highest BCUT2D eigenvalue weighted by molar-refractivity contribution is 5.94. The van der Waals surface area contributed by atoms with Crippen molar-refractivity contribution in [1.29, 1.82) is 5.41 Å². The number of carbonyl (C=O) groups excluding carboxylic acids is 1. The van der Waals surface area contributed by atoms with Crippen molar-refractivity contribution < 1.29 is 13.9 Å². The Morgan fingerprint density at radius 1 is 1.09 bits per heavy atom. The number of hydrogen-bond acceptors (Lipinski definition) is 8. The van der Waals surface area contributed by atoms with E-state index in [2.05, 4.69) is 37.7 Å². The van der Waals surface area contributed by atoms with E-state index in [0.29, 0.717) is 17.1 Å². The number of benzene rings is 1. The lowest BCUT2D eigenvalue weighted by Crippen LogP contribution is -2.47. The summed E-state index contributed by atoms with van der Waals surface area (Å²) in [4.78, 5) is 29.4. The van der Waals surface area contributed by atoms with Gasteiger partial charge in [0.15, 0.2) is 0 Å². The van der Waals surface area contributed by atoms with Crippen LogP contribution in [0.1, 0.15) is 25.0 Å². The molecule has 0 unspecified atom stereocenters. The maximum atomic E-state index is 15.0. The van der Waals surface area contributed by atoms with Gasteiger partial charge in [-0.05, 0) is 18.6 Å². The minimum absolute atomic E-state index is 0. The Labute approximate surface area is 204 Å². The number of nitrogens with two attached hydrogens (primary N) is 1. The second-order valence-electron chi connectivity index (χ2n) is 8.03. The molecule has 3 aromatic rings. The predicted molar refractivity (Wildman–Crippen MR) is 134 cm³/mol. The SMILES string of the molecule is C.Cc1cccnc1N1CCN(c2ncc(-c3cccc(COC(=O)CC(=N)N)c3F)cn2)CC1. The summed E-state index contributed by atoms with van der Waals surface area (Å²) >= 11 is 0. The number of hydrogen-bond donors (Lipinski definition) is 2. The molecule has 3 N–H and O–H groups in total. The monoisotopic (exact) mass is 479 g/mol. The molecule has 1 fully saturated rings. The Kier molecular flexibility index (Phi) is 8.30. The van der Waals surface area contributed by atoms with E-state index in [1.807, 2.05) is 6.07 Å². The molecule has 35 heavy (non-hydrogen) atoms. The van der Waals surface area contributed by atoms with Crippen LogP contribution in [0.25, 0.3) is 11.1 Å². The van der Waals surface area contributed by atoms with E-state index < -0.39 is 11.8 Å². The van der Waals surface area contributed by atoms with Crippen LogP contribution in [0.3, 0.4) is 0 Å². The molecule has 184 valence electrons. The lowest BCUT2D eigenvalue weighted by molar-refractivity contribution is -0.143. The average Bonchev–Trinajstić information content (AvgIpc) is 2.84. The Morgan fingerprint density at radius 2 is 1.77 bits per heavy atom. The van der Waals surface area contributed by atoms with E-state index in [-0.39, 0.29) is 31.9 Å². The summed E-state index contributed by atoms with van der Waals surface area (Å²) in [6.45, 7) is 4.94. The smallest absolute Gasteiger partial charge is 0.313 e. The highest BCUT2D eigenvalue weighted by atomic mass is 19.1. The van der Waals surface area contributed by atoms with Crippen LogP contribution < -0.4 is 15.5 Å². The third-order valence-electron chi connectivity index (χ3n) is 5.60. The van der Waals surface area contributed by atoms with E-state index in [1.54, 1.807) is 30.7 Å². The van der Waals surface area contributed by atoms with E-state index in [0.717, 1.165) is 37.6 Å². The number of esters is 1. The molecule has 0 bridgehead atoms. The molecule has 1 aromatic carbocycles. The van der Waals surface area contributed by atoms with Crippen molar-refractivity contribution in [3.8, 4) is 11.1 Å². The fourth-order valence-electron chi connectivity index (χ4n) is 3.83. The summed E-state index contributed by atoms with van der Waals surface area (Å²) < 4.78 is 20.0. The molecule has 4 rings (SSSR count). The minimum atomic E-state index is -0.678. The third-order valence-corrected chi connectivity index (χ3v) is 5.60. The van der Waals surface area contributed by atoms with Crippen molar-refractivity contribution in [2.75, 3.05) is 36.0 Å². The first kappa shape index (κ1) is 25.5. The molecule has 0 spiro atoms. The molecule has 10 heteroatoms. The predicted octanol–water partition coefficient (Wildman–Crippen LogP) is 3.32. The zero-order valence-corrected chi connectivity index (χ0v) is 18.9. The van der Waals surface area contributed by atoms with Gasteiger partial charge >= 0.3 is 5.97 Å². The number of aromatic nitrogens is 3. The number of rotatable bonds is 7. The third kappa shape index (κ3) is 6.08. The summed E-state index contributed by atoms with van der Waals surface area (Å²) in [5.74, 6) is 0.110. The van der Waals surface area contributed by atoms with Gasteiger partial charge in [-0.25, -0.2) is 19.3 Å². The van der Waals surface area contributed by atoms with Crippen molar-refractivity contribution in [2.24, 2.45) is 5.73 Å². The average molecular weight is 480 g/mol. The number of piperazine rings is 1. The Hall–Kier alpha value is -4.08. The van der Waals surface area contributed by atoms with Crippen LogP contribution in [-0.4, -0.2) is 52.9 Å². The van der Waals surface area contributed by atoms with Crippen molar-refractivity contribution in [2.45, 2.75) is 27.4 Å². The first-order valence-electron chi connectivity index (χ1n) is 10.9. The number of anilines is 2. The van der Waals surface area contributed by atoms with Crippen LogP contribution >= 0.6 is 0 Å². The molecule has 1 aliphatic rings. The highest BCUT2D eigenvalue weighted by Crippen LogP contribution is 2.26. The number of carbonyl (C=O) groups is 1. The summed E-state index contributed by atoms with van der Waals surface area (Å²) in [6, 6.07) is 8.84. The fourth-order valence-corrected chi connectivity index (χ4v) is 3.83. The van der Waals surface area contributed by atoms with Gasteiger partial charge in [-0.15, -0.1) is 0 Å². The van der Waals surface area contributed by atoms with Gasteiger partial charge in [-0.1, -0.05) is 31.7 Å². The molecule has 0 amide bonds. The summed E-state index contributed by atoms with van der Waals surface area (Å²) in [6.07, 6.45) is 4.68. The van der Waals surface area contributed by atoms with Gasteiger partial charge in [0.05, 0.1) is 0 Å². The molecular formula is C25H30FN7O2. The van der Waals surface area contributed by atoms with Gasteiger partial charge in [0.25, 0.3) is 0 Å². The van der Waals surface area contributed by atoms with Crippen LogP contribution in [0.2, 0.25) is 0 Å². The van der Waals surface area contributed by atoms with Gasteiger partial charge in [0.1, 0.15) is 30.5 Å². The molecule has 0 aliphatic carbocycles. The zero-order valence-electron chi connectivity index (χ0n) is 18.9. The number of amidine groups is 1. The van der Waals surface area contributed by atoms with Crippen molar-refractivity contribution in [3.05, 3.63) is 65.9 Å². The van der Waals surface area contributed by atoms with E-state index in [1.165, 1.54) is 6.07 Å². The molecule has 3 heterocycles.